The van der Waals surface area contributed by atoms with Crippen molar-refractivity contribution in [3.8, 4) is 5.75 Å². The predicted molar refractivity (Wildman–Crippen MR) is 115 cm³/mol. The van der Waals surface area contributed by atoms with E-state index >= 15 is 0 Å². The molecule has 7 heteroatoms. The van der Waals surface area contributed by atoms with Crippen molar-refractivity contribution < 1.29 is 14.6 Å². The number of rotatable bonds is 5. The molecule has 0 unspecified atom stereocenters. The predicted octanol–water partition coefficient (Wildman–Crippen LogP) is 3.04. The highest BCUT2D eigenvalue weighted by molar-refractivity contribution is 5.91. The molecule has 2 heterocycles. The zero-order valence-electron chi connectivity index (χ0n) is 18.1. The van der Waals surface area contributed by atoms with Gasteiger partial charge in [0, 0.05) is 37.3 Å². The molecule has 2 aliphatic rings. The second-order valence-corrected chi connectivity index (χ2v) is 8.74. The number of nitrogens with zero attached hydrogens (tertiary/aromatic N) is 3. The van der Waals surface area contributed by atoms with Gasteiger partial charge in [-0.3, -0.25) is 14.4 Å². The van der Waals surface area contributed by atoms with Crippen molar-refractivity contribution in [1.82, 2.24) is 14.7 Å². The smallest absolute Gasteiger partial charge is 0.239 e. The highest BCUT2D eigenvalue weighted by atomic mass is 16.5. The minimum atomic E-state index is -0.645. The summed E-state index contributed by atoms with van der Waals surface area (Å²) in [6, 6.07) is 9.93. The number of hydrogen-bond acceptors (Lipinski definition) is 5. The van der Waals surface area contributed by atoms with Crippen molar-refractivity contribution >= 4 is 11.7 Å². The highest BCUT2D eigenvalue weighted by Crippen LogP contribution is 2.49. The summed E-state index contributed by atoms with van der Waals surface area (Å²) in [5.41, 5.74) is 1.47. The second kappa shape index (κ2) is 8.40. The number of anilines is 1. The van der Waals surface area contributed by atoms with E-state index in [-0.39, 0.29) is 24.4 Å². The van der Waals surface area contributed by atoms with Crippen LogP contribution >= 0.6 is 0 Å². The van der Waals surface area contributed by atoms with Gasteiger partial charge in [0.2, 0.25) is 5.91 Å². The second-order valence-electron chi connectivity index (χ2n) is 8.74. The molecule has 0 spiro atoms. The number of aryl methyl sites for hydroxylation is 2. The first-order chi connectivity index (χ1) is 14.4. The Kier molecular flexibility index (Phi) is 5.84. The summed E-state index contributed by atoms with van der Waals surface area (Å²) in [7, 11) is 3.52. The number of amides is 1. The summed E-state index contributed by atoms with van der Waals surface area (Å²) in [4.78, 5) is 15.1. The fourth-order valence-electron chi connectivity index (χ4n) is 5.15. The Bertz CT molecular complexity index is 875. The molecule has 30 heavy (non-hydrogen) atoms. The van der Waals surface area contributed by atoms with E-state index in [1.165, 1.54) is 0 Å². The molecule has 4 rings (SSSR count). The molecular formula is C23H32N4O3. The standard InChI is InChI=1S/C23H32N4O3/c1-16-14-20(25-26(16)2)24-21(28)15-27-13-12-23(29)11-5-4-6-19(23)22(27)17-7-9-18(30-3)10-8-17/h7-10,14,19,22,29H,4-6,11-13,15H2,1-3H3,(H,24,25,28)/t19-,22-,23-/m1/s1. The molecule has 1 saturated heterocycles. The average Bonchev–Trinajstić information content (AvgIpc) is 3.04. The molecule has 1 aliphatic heterocycles. The van der Waals surface area contributed by atoms with Crippen LogP contribution < -0.4 is 10.1 Å². The summed E-state index contributed by atoms with van der Waals surface area (Å²) in [5, 5.41) is 18.6. The fourth-order valence-corrected chi connectivity index (χ4v) is 5.15. The first-order valence-corrected chi connectivity index (χ1v) is 10.8. The molecule has 1 saturated carbocycles. The maximum atomic E-state index is 12.8. The van der Waals surface area contributed by atoms with Crippen LogP contribution in [0.2, 0.25) is 0 Å². The Balaban J connectivity index is 1.57. The van der Waals surface area contributed by atoms with Crippen molar-refractivity contribution in [1.29, 1.82) is 0 Å². The number of carbonyl (C=O) groups is 1. The first-order valence-electron chi connectivity index (χ1n) is 10.8. The van der Waals surface area contributed by atoms with Gasteiger partial charge in [0.15, 0.2) is 5.82 Å². The Morgan fingerprint density at radius 2 is 2.07 bits per heavy atom. The number of hydrogen-bond donors (Lipinski definition) is 2. The van der Waals surface area contributed by atoms with Gasteiger partial charge in [-0.2, -0.15) is 5.10 Å². The molecule has 3 atom stereocenters. The number of aliphatic hydroxyl groups is 1. The van der Waals surface area contributed by atoms with Crippen molar-refractivity contribution in [2.75, 3.05) is 25.5 Å². The maximum absolute atomic E-state index is 12.8. The quantitative estimate of drug-likeness (QED) is 0.789. The Hall–Kier alpha value is -2.38. The van der Waals surface area contributed by atoms with Crippen LogP contribution in [0, 0.1) is 12.8 Å². The third-order valence-corrected chi connectivity index (χ3v) is 6.86. The van der Waals surface area contributed by atoms with Gasteiger partial charge >= 0.3 is 0 Å². The SMILES string of the molecule is COc1ccc([C@@H]2[C@H]3CCCC[C@@]3(O)CCN2CC(=O)Nc2cc(C)n(C)n2)cc1. The minimum Gasteiger partial charge on any atom is -0.497 e. The molecule has 1 aromatic carbocycles. The van der Waals surface area contributed by atoms with Gasteiger partial charge in [-0.05, 0) is 43.9 Å². The number of methoxy groups -OCH3 is 1. The lowest BCUT2D eigenvalue weighted by atomic mass is 9.66. The van der Waals surface area contributed by atoms with Crippen molar-refractivity contribution in [2.45, 2.75) is 50.7 Å². The van der Waals surface area contributed by atoms with Gasteiger partial charge in [0.1, 0.15) is 5.75 Å². The molecule has 162 valence electrons. The molecule has 1 aromatic heterocycles. The maximum Gasteiger partial charge on any atom is 0.239 e. The number of ether oxygens (including phenoxy) is 1. The lowest BCUT2D eigenvalue weighted by Gasteiger charge is -2.52. The molecule has 2 N–H and O–H groups in total. The third-order valence-electron chi connectivity index (χ3n) is 6.86. The minimum absolute atomic E-state index is 0.00572. The number of nitrogens with one attached hydrogen (secondary N) is 1. The van der Waals surface area contributed by atoms with Crippen LogP contribution in [0.1, 0.15) is 49.4 Å². The normalized spacial score (nSPS) is 26.8. The molecule has 0 bridgehead atoms. The topological polar surface area (TPSA) is 79.6 Å². The van der Waals surface area contributed by atoms with E-state index in [0.29, 0.717) is 18.8 Å². The number of likely N-dealkylation sites (tertiary alicyclic amines) is 1. The lowest BCUT2D eigenvalue weighted by Crippen LogP contribution is -2.56. The number of benzene rings is 1. The van der Waals surface area contributed by atoms with Gasteiger partial charge in [-0.15, -0.1) is 0 Å². The van der Waals surface area contributed by atoms with Crippen LogP contribution in [0.4, 0.5) is 5.82 Å². The molecule has 2 fully saturated rings. The molecule has 1 amide bonds. The van der Waals surface area contributed by atoms with E-state index in [9.17, 15) is 9.90 Å². The van der Waals surface area contributed by atoms with E-state index in [1.807, 2.05) is 32.2 Å². The Morgan fingerprint density at radius 3 is 2.73 bits per heavy atom. The van der Waals surface area contributed by atoms with Crippen LogP contribution in [0.25, 0.3) is 0 Å². The van der Waals surface area contributed by atoms with Crippen molar-refractivity contribution in [3.63, 3.8) is 0 Å². The van der Waals surface area contributed by atoms with Gasteiger partial charge < -0.3 is 15.2 Å². The monoisotopic (exact) mass is 412 g/mol. The Morgan fingerprint density at radius 1 is 1.30 bits per heavy atom. The van der Waals surface area contributed by atoms with E-state index in [1.54, 1.807) is 11.8 Å². The molecule has 2 aromatic rings. The van der Waals surface area contributed by atoms with E-state index in [2.05, 4.69) is 27.4 Å². The van der Waals surface area contributed by atoms with Gasteiger partial charge in [0.05, 0.1) is 19.3 Å². The number of aromatic nitrogens is 2. The molecule has 7 nitrogen and oxygen atoms in total. The summed E-state index contributed by atoms with van der Waals surface area (Å²) in [6.07, 6.45) is 4.72. The summed E-state index contributed by atoms with van der Waals surface area (Å²) in [6.45, 7) is 2.92. The number of fused-ring (bicyclic) bond motifs is 1. The zero-order valence-corrected chi connectivity index (χ0v) is 18.1. The first kappa shape index (κ1) is 20.9. The third kappa shape index (κ3) is 4.09. The largest absolute Gasteiger partial charge is 0.497 e. The van der Waals surface area contributed by atoms with Crippen LogP contribution in [0.3, 0.4) is 0 Å². The molecule has 0 radical (unpaired) electrons. The van der Waals surface area contributed by atoms with Gasteiger partial charge in [-0.1, -0.05) is 25.0 Å². The van der Waals surface area contributed by atoms with Crippen LogP contribution in [0.15, 0.2) is 30.3 Å². The van der Waals surface area contributed by atoms with E-state index < -0.39 is 5.60 Å². The average molecular weight is 413 g/mol. The fraction of sp³-hybridized carbons (Fsp3) is 0.565. The zero-order chi connectivity index (χ0) is 21.3. The van der Waals surface area contributed by atoms with Crippen LogP contribution in [0.5, 0.6) is 5.75 Å². The summed E-state index contributed by atoms with van der Waals surface area (Å²) in [5.74, 6) is 1.43. The van der Waals surface area contributed by atoms with E-state index in [4.69, 9.17) is 4.74 Å². The summed E-state index contributed by atoms with van der Waals surface area (Å²) >= 11 is 0. The van der Waals surface area contributed by atoms with E-state index in [0.717, 1.165) is 42.7 Å². The van der Waals surface area contributed by atoms with Crippen molar-refractivity contribution in [2.24, 2.45) is 13.0 Å². The van der Waals surface area contributed by atoms with Crippen LogP contribution in [-0.4, -0.2) is 51.5 Å². The van der Waals surface area contributed by atoms with Gasteiger partial charge in [-0.25, -0.2) is 0 Å². The number of piperidine rings is 1. The number of carbonyl (C=O) groups excluding carboxylic acids is 1. The molecule has 1 aliphatic carbocycles. The van der Waals surface area contributed by atoms with Crippen molar-refractivity contribution in [3.05, 3.63) is 41.6 Å². The Labute approximate surface area is 178 Å². The molecular weight excluding hydrogens is 380 g/mol. The lowest BCUT2D eigenvalue weighted by molar-refractivity contribution is -0.135. The highest BCUT2D eigenvalue weighted by Gasteiger charge is 2.49. The van der Waals surface area contributed by atoms with Gasteiger partial charge in [0.25, 0.3) is 0 Å². The summed E-state index contributed by atoms with van der Waals surface area (Å²) < 4.78 is 7.07. The van der Waals surface area contributed by atoms with Crippen LogP contribution in [-0.2, 0) is 11.8 Å².